The van der Waals surface area contributed by atoms with Crippen molar-refractivity contribution in [1.82, 2.24) is 9.97 Å². The number of carbonyl (C=O) groups is 4. The number of hydrogen-bond acceptors (Lipinski definition) is 9. The van der Waals surface area contributed by atoms with E-state index in [1.165, 1.54) is 18.6 Å². The van der Waals surface area contributed by atoms with Crippen molar-refractivity contribution in [2.24, 2.45) is 5.73 Å². The number of carbonyl (C=O) groups excluding carboxylic acids is 4. The quantitative estimate of drug-likeness (QED) is 0.543. The number of nitrogens with zero attached hydrogens (tertiary/aromatic N) is 2. The second-order valence-electron chi connectivity index (χ2n) is 3.72. The van der Waals surface area contributed by atoms with Crippen molar-refractivity contribution in [3.05, 3.63) is 24.3 Å². The maximum atomic E-state index is 10.4. The van der Waals surface area contributed by atoms with Gasteiger partial charge in [0.05, 0.1) is 6.20 Å². The third-order valence-corrected chi connectivity index (χ3v) is 1.78. The van der Waals surface area contributed by atoms with Gasteiger partial charge in [-0.05, 0) is 0 Å². The largest absolute Gasteiger partial charge is 1.00 e. The fourth-order valence-electron chi connectivity index (χ4n) is 1.01. The normalized spacial score (nSPS) is 8.70. The molecule has 12 heteroatoms. The minimum absolute atomic E-state index is 0. The monoisotopic (exact) mass is 335 g/mol. The number of nitrogens with two attached hydrogens (primary N) is 1. The summed E-state index contributed by atoms with van der Waals surface area (Å²) in [6.07, 6.45) is 4.22. The maximum Gasteiger partial charge on any atom is 1.00 e. The molecule has 0 aliphatic heterocycles. The summed E-state index contributed by atoms with van der Waals surface area (Å²) in [7, 11) is -2.41. The van der Waals surface area contributed by atoms with Crippen LogP contribution in [0.3, 0.4) is 0 Å². The van der Waals surface area contributed by atoms with Gasteiger partial charge in [0.25, 0.3) is 23.8 Å². The molecule has 0 saturated heterocycles. The molecule has 1 aromatic heterocycles. The molecule has 1 aromatic rings. The van der Waals surface area contributed by atoms with Crippen molar-refractivity contribution in [2.45, 2.75) is 20.8 Å². The zero-order valence-electron chi connectivity index (χ0n) is 13.3. The van der Waals surface area contributed by atoms with E-state index in [-0.39, 0.29) is 35.3 Å². The van der Waals surface area contributed by atoms with Crippen LogP contribution in [0.2, 0.25) is 0 Å². The molecular weight excluding hydrogens is 320 g/mol. The van der Waals surface area contributed by atoms with Gasteiger partial charge in [-0.1, -0.05) is 0 Å². The van der Waals surface area contributed by atoms with Crippen LogP contribution in [0.4, 0.5) is 0 Å². The summed E-state index contributed by atoms with van der Waals surface area (Å²) in [5.74, 6) is -2.59. The van der Waals surface area contributed by atoms with Crippen LogP contribution in [0.1, 0.15) is 31.3 Å². The van der Waals surface area contributed by atoms with Gasteiger partial charge in [0.1, 0.15) is 5.69 Å². The molecule has 0 bridgehead atoms. The van der Waals surface area contributed by atoms with E-state index in [2.05, 4.69) is 23.9 Å². The first-order valence-electron chi connectivity index (χ1n) is 5.95. The van der Waals surface area contributed by atoms with Crippen LogP contribution < -0.4 is 35.3 Å². The molecule has 0 aromatic carbocycles. The summed E-state index contributed by atoms with van der Waals surface area (Å²) in [5, 5.41) is 0. The van der Waals surface area contributed by atoms with E-state index in [1.54, 1.807) is 0 Å². The molecule has 1 heterocycles. The van der Waals surface area contributed by atoms with Gasteiger partial charge < -0.3 is 19.7 Å². The van der Waals surface area contributed by atoms with Crippen molar-refractivity contribution >= 4 is 31.1 Å². The molecule has 120 valence electrons. The Kier molecular flexibility index (Phi) is 12.7. The van der Waals surface area contributed by atoms with Gasteiger partial charge in [0.2, 0.25) is 0 Å². The van der Waals surface area contributed by atoms with Gasteiger partial charge in [-0.15, -0.1) is 0 Å². The van der Waals surface area contributed by atoms with E-state index in [0.29, 0.717) is 0 Å². The Hall–Kier alpha value is -1.98. The molecule has 0 aliphatic rings. The van der Waals surface area contributed by atoms with Gasteiger partial charge in [0.15, 0.2) is 0 Å². The number of primary amides is 1. The van der Waals surface area contributed by atoms with Crippen LogP contribution in [0.25, 0.3) is 0 Å². The molecule has 0 saturated carbocycles. The molecule has 10 nitrogen and oxygen atoms in total. The average Bonchev–Trinajstić information content (AvgIpc) is 2.38. The van der Waals surface area contributed by atoms with Crippen molar-refractivity contribution in [3.8, 4) is 0 Å². The third-order valence-electron chi connectivity index (χ3n) is 1.78. The van der Waals surface area contributed by atoms with Crippen LogP contribution in [0, 0.1) is 0 Å². The van der Waals surface area contributed by atoms with Crippen molar-refractivity contribution in [1.29, 1.82) is 0 Å². The Morgan fingerprint density at radius 3 is 1.61 bits per heavy atom. The van der Waals surface area contributed by atoms with Crippen LogP contribution in [-0.2, 0) is 28.3 Å². The zero-order chi connectivity index (χ0) is 17.1. The van der Waals surface area contributed by atoms with E-state index >= 15 is 0 Å². The zero-order valence-corrected chi connectivity index (χ0v) is 15.3. The van der Waals surface area contributed by atoms with Gasteiger partial charge in [-0.3, -0.25) is 24.2 Å². The molecule has 2 N–H and O–H groups in total. The van der Waals surface area contributed by atoms with Crippen molar-refractivity contribution in [3.63, 3.8) is 0 Å². The van der Waals surface area contributed by atoms with E-state index in [9.17, 15) is 19.2 Å². The molecule has 0 atom stereocenters. The second kappa shape index (κ2) is 12.6. The number of hydrogen-bond donors (Lipinski definition) is 1. The molecule has 23 heavy (non-hydrogen) atoms. The molecule has 0 spiro atoms. The Bertz CT molecular complexity index is 506. The predicted molar refractivity (Wildman–Crippen MR) is 73.0 cm³/mol. The number of rotatable bonds is 4. The van der Waals surface area contributed by atoms with E-state index in [4.69, 9.17) is 5.73 Å². The van der Waals surface area contributed by atoms with E-state index < -0.39 is 31.1 Å². The smallest absolute Gasteiger partial charge is 0.625 e. The maximum absolute atomic E-state index is 10.4. The summed E-state index contributed by atoms with van der Waals surface area (Å²) in [6.45, 7) is 3.35. The van der Waals surface area contributed by atoms with Crippen molar-refractivity contribution in [2.75, 3.05) is 0 Å². The summed E-state index contributed by atoms with van der Waals surface area (Å²) < 4.78 is 13.3. The first-order valence-corrected chi connectivity index (χ1v) is 5.95. The van der Waals surface area contributed by atoms with Gasteiger partial charge in [-0.25, -0.2) is 4.98 Å². The topological polar surface area (TPSA) is 148 Å². The Morgan fingerprint density at radius 2 is 1.39 bits per heavy atom. The van der Waals surface area contributed by atoms with Gasteiger partial charge >= 0.3 is 36.9 Å². The standard InChI is InChI=1S/C6H10BO6.C5H5N3O.Na/c1-4(8)11-7(12-5(2)9)13-6(3)10;6-5(9)4-3-7-1-2-8-4;/h7H,1-3H3;1-3H,(H2,6,9);/q-1;;+1. The Morgan fingerprint density at radius 1 is 0.957 bits per heavy atom. The minimum Gasteiger partial charge on any atom is -0.625 e. The minimum atomic E-state index is -2.41. The Labute approximate surface area is 154 Å². The first-order chi connectivity index (χ1) is 10.2. The SMILES string of the molecule is CC(=O)O[BH-](OC(C)=O)OC(C)=O.NC(=O)c1cnccn1.[Na+]. The van der Waals surface area contributed by atoms with E-state index in [1.807, 2.05) is 0 Å². The van der Waals surface area contributed by atoms with Gasteiger partial charge in [0, 0.05) is 33.2 Å². The van der Waals surface area contributed by atoms with Crippen LogP contribution in [-0.4, -0.2) is 41.1 Å². The summed E-state index contributed by atoms with van der Waals surface area (Å²) in [5.41, 5.74) is 5.06. The van der Waals surface area contributed by atoms with Crippen LogP contribution in [0.15, 0.2) is 18.6 Å². The fourth-order valence-corrected chi connectivity index (χ4v) is 1.01. The van der Waals surface area contributed by atoms with E-state index in [0.717, 1.165) is 20.8 Å². The third kappa shape index (κ3) is 13.4. The fraction of sp³-hybridized carbons (Fsp3) is 0.273. The molecule has 1 rings (SSSR count). The number of aromatic nitrogens is 2. The molecule has 1 amide bonds. The molecule has 0 fully saturated rings. The molecule has 0 radical (unpaired) electrons. The van der Waals surface area contributed by atoms with Crippen molar-refractivity contribution < 1.29 is 62.7 Å². The molecule has 0 unspecified atom stereocenters. The van der Waals surface area contributed by atoms with Gasteiger partial charge in [-0.2, -0.15) is 0 Å². The summed E-state index contributed by atoms with van der Waals surface area (Å²) in [6, 6.07) is 0. The first kappa shape index (κ1) is 23.3. The molecular formula is C11H15BN3NaO7. The van der Waals surface area contributed by atoms with Crippen LogP contribution >= 0.6 is 0 Å². The second-order valence-corrected chi connectivity index (χ2v) is 3.72. The number of amides is 1. The molecule has 0 aliphatic carbocycles. The Balaban J connectivity index is 0. The van der Waals surface area contributed by atoms with Crippen LogP contribution in [0.5, 0.6) is 0 Å². The average molecular weight is 335 g/mol. The predicted octanol–water partition coefficient (Wildman–Crippen LogP) is -4.03. The summed E-state index contributed by atoms with van der Waals surface area (Å²) >= 11 is 0. The summed E-state index contributed by atoms with van der Waals surface area (Å²) in [4.78, 5) is 48.9.